The molecule has 5 rings (SSSR count). The van der Waals surface area contributed by atoms with Gasteiger partial charge in [-0.2, -0.15) is 10.3 Å². The molecule has 0 aliphatic heterocycles. The Balaban J connectivity index is 1.32. The first-order chi connectivity index (χ1) is 16.6. The predicted octanol–water partition coefficient (Wildman–Crippen LogP) is 3.64. The summed E-state index contributed by atoms with van der Waals surface area (Å²) in [6, 6.07) is 11.3. The van der Waals surface area contributed by atoms with Gasteiger partial charge in [0.25, 0.3) is 0 Å². The normalized spacial score (nSPS) is 10.9. The van der Waals surface area contributed by atoms with Crippen LogP contribution in [0.2, 0.25) is 0 Å². The van der Waals surface area contributed by atoms with Crippen molar-refractivity contribution in [1.29, 1.82) is 0 Å². The molecule has 0 aliphatic rings. The lowest BCUT2D eigenvalue weighted by atomic mass is 10.1. The minimum atomic E-state index is 0.627. The number of tetrazole rings is 1. The lowest BCUT2D eigenvalue weighted by Gasteiger charge is -2.13. The number of hydrogen-bond donors (Lipinski definition) is 2. The number of pyridine rings is 3. The highest BCUT2D eigenvalue weighted by Gasteiger charge is 2.13. The first kappa shape index (κ1) is 21.2. The van der Waals surface area contributed by atoms with Crippen LogP contribution in [0.5, 0.6) is 11.5 Å². The molecule has 170 valence electrons. The Hall–Kier alpha value is -4.67. The van der Waals surface area contributed by atoms with Crippen molar-refractivity contribution in [1.82, 2.24) is 45.4 Å². The molecule has 34 heavy (non-hydrogen) atoms. The van der Waals surface area contributed by atoms with Crippen LogP contribution in [-0.2, 0) is 13.0 Å². The molecule has 5 heterocycles. The van der Waals surface area contributed by atoms with E-state index in [2.05, 4.69) is 41.0 Å². The van der Waals surface area contributed by atoms with Crippen molar-refractivity contribution in [2.75, 3.05) is 5.32 Å². The number of aryl methyl sites for hydroxylation is 4. The van der Waals surface area contributed by atoms with Gasteiger partial charge in [-0.15, -0.1) is 10.2 Å². The SMILES string of the molecule is Cc1cc(Oc2ccnc(Nc3cnn(CCc4nn[nH]n4)c3)c2)c(-c2ccccn2)nc1C. The lowest BCUT2D eigenvalue weighted by Crippen LogP contribution is -2.03. The molecule has 0 aliphatic carbocycles. The number of ether oxygens (including phenoxy) is 1. The van der Waals surface area contributed by atoms with Crippen LogP contribution in [0.25, 0.3) is 11.4 Å². The topological polar surface area (TPSA) is 132 Å². The van der Waals surface area contributed by atoms with E-state index < -0.39 is 0 Å². The molecular formula is C23H22N10O. The van der Waals surface area contributed by atoms with Gasteiger partial charge < -0.3 is 10.1 Å². The van der Waals surface area contributed by atoms with Crippen LogP contribution in [0.15, 0.2) is 61.2 Å². The fraction of sp³-hybridized carbons (Fsp3) is 0.174. The molecule has 0 radical (unpaired) electrons. The van der Waals surface area contributed by atoms with E-state index >= 15 is 0 Å². The summed E-state index contributed by atoms with van der Waals surface area (Å²) in [5.41, 5.74) is 4.22. The van der Waals surface area contributed by atoms with Gasteiger partial charge in [0, 0.05) is 43.3 Å². The van der Waals surface area contributed by atoms with E-state index in [0.29, 0.717) is 41.8 Å². The van der Waals surface area contributed by atoms with E-state index in [1.807, 2.05) is 50.4 Å². The Morgan fingerprint density at radius 2 is 2.03 bits per heavy atom. The Morgan fingerprint density at radius 3 is 2.85 bits per heavy atom. The van der Waals surface area contributed by atoms with E-state index in [1.54, 1.807) is 29.3 Å². The molecule has 5 aromatic rings. The molecule has 11 heteroatoms. The van der Waals surface area contributed by atoms with Crippen LogP contribution in [0.4, 0.5) is 11.5 Å². The number of anilines is 2. The van der Waals surface area contributed by atoms with Crippen LogP contribution in [0.3, 0.4) is 0 Å². The van der Waals surface area contributed by atoms with E-state index in [9.17, 15) is 0 Å². The molecule has 0 spiro atoms. The van der Waals surface area contributed by atoms with Crippen LogP contribution in [0, 0.1) is 13.8 Å². The van der Waals surface area contributed by atoms with Gasteiger partial charge in [0.1, 0.15) is 17.3 Å². The highest BCUT2D eigenvalue weighted by Crippen LogP contribution is 2.33. The van der Waals surface area contributed by atoms with Gasteiger partial charge in [-0.25, -0.2) is 9.97 Å². The summed E-state index contributed by atoms with van der Waals surface area (Å²) in [6.07, 6.45) is 7.68. The third kappa shape index (κ3) is 4.88. The molecule has 0 amide bonds. The summed E-state index contributed by atoms with van der Waals surface area (Å²) in [4.78, 5) is 13.6. The average molecular weight is 454 g/mol. The smallest absolute Gasteiger partial charge is 0.176 e. The minimum absolute atomic E-state index is 0.627. The summed E-state index contributed by atoms with van der Waals surface area (Å²) >= 11 is 0. The van der Waals surface area contributed by atoms with Crippen LogP contribution in [-0.4, -0.2) is 45.4 Å². The number of nitrogens with one attached hydrogen (secondary N) is 2. The van der Waals surface area contributed by atoms with Crippen LogP contribution in [0.1, 0.15) is 17.1 Å². The van der Waals surface area contributed by atoms with Gasteiger partial charge in [-0.1, -0.05) is 11.3 Å². The van der Waals surface area contributed by atoms with E-state index in [-0.39, 0.29) is 0 Å². The monoisotopic (exact) mass is 454 g/mol. The molecule has 0 atom stereocenters. The van der Waals surface area contributed by atoms with Gasteiger partial charge in [-0.05, 0) is 43.7 Å². The molecule has 0 aromatic carbocycles. The molecule has 0 unspecified atom stereocenters. The quantitative estimate of drug-likeness (QED) is 0.360. The number of hydrogen-bond acceptors (Lipinski definition) is 9. The van der Waals surface area contributed by atoms with Gasteiger partial charge in [0.2, 0.25) is 0 Å². The highest BCUT2D eigenvalue weighted by atomic mass is 16.5. The molecule has 5 aromatic heterocycles. The van der Waals surface area contributed by atoms with E-state index in [4.69, 9.17) is 9.72 Å². The van der Waals surface area contributed by atoms with Crippen molar-refractivity contribution in [3.05, 3.63) is 78.3 Å². The summed E-state index contributed by atoms with van der Waals surface area (Å²) in [6.45, 7) is 4.61. The Morgan fingerprint density at radius 1 is 1.09 bits per heavy atom. The second-order valence-electron chi connectivity index (χ2n) is 7.63. The summed E-state index contributed by atoms with van der Waals surface area (Å²) < 4.78 is 8.04. The van der Waals surface area contributed by atoms with Crippen molar-refractivity contribution in [2.45, 2.75) is 26.8 Å². The molecule has 0 bridgehead atoms. The number of rotatable bonds is 8. The lowest BCUT2D eigenvalue weighted by molar-refractivity contribution is 0.481. The van der Waals surface area contributed by atoms with Crippen molar-refractivity contribution < 1.29 is 4.74 Å². The van der Waals surface area contributed by atoms with Crippen molar-refractivity contribution in [3.63, 3.8) is 0 Å². The van der Waals surface area contributed by atoms with Crippen LogP contribution < -0.4 is 10.1 Å². The molecule has 0 saturated carbocycles. The maximum absolute atomic E-state index is 6.24. The van der Waals surface area contributed by atoms with Gasteiger partial charge in [0.15, 0.2) is 11.6 Å². The Labute approximate surface area is 195 Å². The van der Waals surface area contributed by atoms with Crippen molar-refractivity contribution in [2.24, 2.45) is 0 Å². The first-order valence-electron chi connectivity index (χ1n) is 10.7. The molecule has 0 saturated heterocycles. The maximum atomic E-state index is 6.24. The fourth-order valence-corrected chi connectivity index (χ4v) is 3.32. The zero-order valence-electron chi connectivity index (χ0n) is 18.7. The molecule has 0 fully saturated rings. The van der Waals surface area contributed by atoms with Crippen molar-refractivity contribution >= 4 is 11.5 Å². The highest BCUT2D eigenvalue weighted by molar-refractivity contribution is 5.64. The number of H-pyrrole nitrogens is 1. The maximum Gasteiger partial charge on any atom is 0.176 e. The number of aromatic amines is 1. The Bertz CT molecular complexity index is 1380. The van der Waals surface area contributed by atoms with Gasteiger partial charge >= 0.3 is 0 Å². The second kappa shape index (κ2) is 9.45. The van der Waals surface area contributed by atoms with Crippen molar-refractivity contribution in [3.8, 4) is 22.9 Å². The summed E-state index contributed by atoms with van der Waals surface area (Å²) in [5, 5.41) is 21.5. The Kier molecular flexibility index (Phi) is 5.89. The minimum Gasteiger partial charge on any atom is -0.455 e. The number of aromatic nitrogens is 9. The third-order valence-corrected chi connectivity index (χ3v) is 5.16. The number of nitrogens with zero attached hydrogens (tertiary/aromatic N) is 8. The molecule has 11 nitrogen and oxygen atoms in total. The predicted molar refractivity (Wildman–Crippen MR) is 125 cm³/mol. The molecular weight excluding hydrogens is 432 g/mol. The standard InChI is InChI=1S/C23H22N10O/c1-15-11-20(23(27-16(15)2)19-5-3-4-8-24-19)34-18-6-9-25-22(12-18)28-17-13-26-33(14-17)10-7-21-29-31-32-30-21/h3-6,8-9,11-14H,7,10H2,1-2H3,(H,25,28)(H,29,30,31,32). The largest absolute Gasteiger partial charge is 0.455 e. The first-order valence-corrected chi connectivity index (χ1v) is 10.7. The summed E-state index contributed by atoms with van der Waals surface area (Å²) in [7, 11) is 0. The van der Waals surface area contributed by atoms with E-state index in [0.717, 1.165) is 22.6 Å². The zero-order valence-corrected chi connectivity index (χ0v) is 18.7. The summed E-state index contributed by atoms with van der Waals surface area (Å²) in [5.74, 6) is 2.53. The third-order valence-electron chi connectivity index (χ3n) is 5.16. The van der Waals surface area contributed by atoms with Gasteiger partial charge in [-0.3, -0.25) is 9.67 Å². The van der Waals surface area contributed by atoms with E-state index in [1.165, 1.54) is 0 Å². The fourth-order valence-electron chi connectivity index (χ4n) is 3.32. The zero-order chi connectivity index (χ0) is 23.3. The molecule has 2 N–H and O–H groups in total. The van der Waals surface area contributed by atoms with Gasteiger partial charge in [0.05, 0.1) is 17.6 Å². The second-order valence-corrected chi connectivity index (χ2v) is 7.63. The van der Waals surface area contributed by atoms with Crippen LogP contribution >= 0.6 is 0 Å². The average Bonchev–Trinajstić information content (AvgIpc) is 3.53.